The highest BCUT2D eigenvalue weighted by Crippen LogP contribution is 2.33. The van der Waals surface area contributed by atoms with E-state index < -0.39 is 0 Å². The molecule has 1 aliphatic heterocycles. The molecule has 8 heteroatoms. The molecule has 156 valence electrons. The molecule has 2 atom stereocenters. The Kier molecular flexibility index (Phi) is 5.07. The Labute approximate surface area is 183 Å². The van der Waals surface area contributed by atoms with E-state index in [1.54, 1.807) is 15.4 Å². The average molecular weight is 432 g/mol. The molecule has 0 aliphatic carbocycles. The van der Waals surface area contributed by atoms with Crippen molar-refractivity contribution < 1.29 is 4.79 Å². The van der Waals surface area contributed by atoms with Gasteiger partial charge in [-0.25, -0.2) is 9.67 Å². The fourth-order valence-corrected chi connectivity index (χ4v) is 5.01. The summed E-state index contributed by atoms with van der Waals surface area (Å²) in [5, 5.41) is 8.50. The minimum atomic E-state index is -0.229. The van der Waals surface area contributed by atoms with Crippen LogP contribution in [0.1, 0.15) is 31.0 Å². The number of carbonyl (C=O) groups is 1. The molecule has 0 bridgehead atoms. The number of nitrogens with one attached hydrogen (secondary N) is 1. The van der Waals surface area contributed by atoms with E-state index >= 15 is 0 Å². The Balaban J connectivity index is 1.40. The topological polar surface area (TPSA) is 81.8 Å². The molecule has 4 aromatic rings. The maximum atomic E-state index is 13.2. The summed E-state index contributed by atoms with van der Waals surface area (Å²) in [6.45, 7) is 1.96. The monoisotopic (exact) mass is 431 g/mol. The first kappa shape index (κ1) is 19.6. The molecular formula is C23H21N5O2S. The smallest absolute Gasteiger partial charge is 0.265 e. The quantitative estimate of drug-likeness (QED) is 0.489. The predicted molar refractivity (Wildman–Crippen MR) is 121 cm³/mol. The molecule has 2 unspecified atom stereocenters. The summed E-state index contributed by atoms with van der Waals surface area (Å²) in [4.78, 5) is 30.6. The van der Waals surface area contributed by atoms with Crippen molar-refractivity contribution in [3.63, 3.8) is 0 Å². The number of fused-ring (bicyclic) bond motifs is 2. The molecule has 3 heterocycles. The first-order valence-corrected chi connectivity index (χ1v) is 11.1. The molecule has 2 aromatic carbocycles. The number of rotatable bonds is 5. The number of para-hydroxylation sites is 1. The van der Waals surface area contributed by atoms with Gasteiger partial charge >= 0.3 is 0 Å². The average Bonchev–Trinajstić information content (AvgIpc) is 3.40. The Bertz CT molecular complexity index is 1300. The number of hydrogen-bond acceptors (Lipinski definition) is 5. The lowest BCUT2D eigenvalue weighted by Gasteiger charge is -2.17. The Morgan fingerprint density at radius 3 is 2.61 bits per heavy atom. The number of benzene rings is 2. The van der Waals surface area contributed by atoms with Crippen LogP contribution in [0.15, 0.2) is 76.8 Å². The lowest BCUT2D eigenvalue weighted by atomic mass is 10.1. The molecule has 0 saturated heterocycles. The SMILES string of the molecule is CC(NC(=O)CC1CSc2nc3c(cnn3-c3ccccc3)c(=O)n21)c1ccccc1. The maximum Gasteiger partial charge on any atom is 0.265 e. The molecule has 31 heavy (non-hydrogen) atoms. The van der Waals surface area contributed by atoms with Crippen molar-refractivity contribution in [2.75, 3.05) is 5.75 Å². The maximum absolute atomic E-state index is 13.2. The van der Waals surface area contributed by atoms with E-state index in [1.165, 1.54) is 11.8 Å². The van der Waals surface area contributed by atoms with Gasteiger partial charge in [-0.3, -0.25) is 14.2 Å². The van der Waals surface area contributed by atoms with Gasteiger partial charge in [-0.15, -0.1) is 0 Å². The van der Waals surface area contributed by atoms with Crippen LogP contribution in [-0.4, -0.2) is 31.0 Å². The number of carbonyl (C=O) groups excluding carboxylic acids is 1. The highest BCUT2D eigenvalue weighted by Gasteiger charge is 2.30. The lowest BCUT2D eigenvalue weighted by Crippen LogP contribution is -2.32. The van der Waals surface area contributed by atoms with Gasteiger partial charge in [0.05, 0.1) is 24.0 Å². The fourth-order valence-electron chi connectivity index (χ4n) is 3.88. The van der Waals surface area contributed by atoms with Gasteiger partial charge in [0.1, 0.15) is 5.39 Å². The van der Waals surface area contributed by atoms with Crippen molar-refractivity contribution in [2.45, 2.75) is 30.6 Å². The number of nitrogens with zero attached hydrogens (tertiary/aromatic N) is 4. The Morgan fingerprint density at radius 1 is 1.16 bits per heavy atom. The van der Waals surface area contributed by atoms with Gasteiger partial charge in [0, 0.05) is 12.2 Å². The molecule has 0 spiro atoms. The molecule has 0 fully saturated rings. The summed E-state index contributed by atoms with van der Waals surface area (Å²) in [7, 11) is 0. The van der Waals surface area contributed by atoms with Crippen LogP contribution < -0.4 is 10.9 Å². The van der Waals surface area contributed by atoms with Crippen LogP contribution in [0.3, 0.4) is 0 Å². The van der Waals surface area contributed by atoms with Crippen LogP contribution >= 0.6 is 11.8 Å². The van der Waals surface area contributed by atoms with Crippen molar-refractivity contribution in [3.8, 4) is 5.69 Å². The van der Waals surface area contributed by atoms with E-state index in [2.05, 4.69) is 10.4 Å². The molecule has 1 N–H and O–H groups in total. The van der Waals surface area contributed by atoms with Crippen molar-refractivity contribution in [1.29, 1.82) is 0 Å². The van der Waals surface area contributed by atoms with E-state index in [9.17, 15) is 9.59 Å². The third kappa shape index (κ3) is 3.63. The molecule has 0 radical (unpaired) electrons. The second-order valence-corrected chi connectivity index (χ2v) is 8.55. The van der Waals surface area contributed by atoms with Gasteiger partial charge in [0.2, 0.25) is 5.91 Å². The first-order chi connectivity index (χ1) is 15.1. The van der Waals surface area contributed by atoms with Crippen molar-refractivity contribution >= 4 is 28.7 Å². The van der Waals surface area contributed by atoms with Gasteiger partial charge in [0.15, 0.2) is 10.8 Å². The van der Waals surface area contributed by atoms with Crippen molar-refractivity contribution in [2.24, 2.45) is 0 Å². The van der Waals surface area contributed by atoms with Crippen LogP contribution in [0.4, 0.5) is 0 Å². The Morgan fingerprint density at radius 2 is 1.87 bits per heavy atom. The minimum absolute atomic E-state index is 0.0817. The number of aromatic nitrogens is 4. The van der Waals surface area contributed by atoms with Crippen LogP contribution in [0.25, 0.3) is 16.7 Å². The lowest BCUT2D eigenvalue weighted by molar-refractivity contribution is -0.122. The third-order valence-electron chi connectivity index (χ3n) is 5.47. The van der Waals surface area contributed by atoms with Gasteiger partial charge in [-0.1, -0.05) is 60.3 Å². The van der Waals surface area contributed by atoms with E-state index in [0.29, 0.717) is 21.9 Å². The molecule has 2 aromatic heterocycles. The molecule has 1 amide bonds. The normalized spacial score (nSPS) is 16.2. The van der Waals surface area contributed by atoms with Crippen LogP contribution in [0.2, 0.25) is 0 Å². The molecule has 7 nitrogen and oxygen atoms in total. The number of thioether (sulfide) groups is 1. The second kappa shape index (κ2) is 8.03. The van der Waals surface area contributed by atoms with Gasteiger partial charge in [0.25, 0.3) is 5.56 Å². The molecule has 1 aliphatic rings. The molecule has 0 saturated carbocycles. The van der Waals surface area contributed by atoms with Crippen LogP contribution in [-0.2, 0) is 4.79 Å². The zero-order valence-electron chi connectivity index (χ0n) is 16.9. The zero-order valence-corrected chi connectivity index (χ0v) is 17.7. The fraction of sp³-hybridized carbons (Fsp3) is 0.217. The zero-order chi connectivity index (χ0) is 21.4. The second-order valence-electron chi connectivity index (χ2n) is 7.57. The Hall–Kier alpha value is -3.39. The van der Waals surface area contributed by atoms with Crippen LogP contribution in [0, 0.1) is 0 Å². The summed E-state index contributed by atoms with van der Waals surface area (Å²) in [5.74, 6) is 0.558. The highest BCUT2D eigenvalue weighted by molar-refractivity contribution is 7.99. The third-order valence-corrected chi connectivity index (χ3v) is 6.57. The van der Waals surface area contributed by atoms with E-state index in [4.69, 9.17) is 4.98 Å². The largest absolute Gasteiger partial charge is 0.350 e. The highest BCUT2D eigenvalue weighted by atomic mass is 32.2. The van der Waals surface area contributed by atoms with Crippen molar-refractivity contribution in [1.82, 2.24) is 24.6 Å². The summed E-state index contributed by atoms with van der Waals surface area (Å²) in [5.41, 5.74) is 2.29. The minimum Gasteiger partial charge on any atom is -0.350 e. The van der Waals surface area contributed by atoms with Gasteiger partial charge in [-0.2, -0.15) is 5.10 Å². The molecular weight excluding hydrogens is 410 g/mol. The van der Waals surface area contributed by atoms with E-state index in [0.717, 1.165) is 11.3 Å². The first-order valence-electron chi connectivity index (χ1n) is 10.1. The molecule has 5 rings (SSSR count). The summed E-state index contributed by atoms with van der Waals surface area (Å²) in [6, 6.07) is 19.1. The van der Waals surface area contributed by atoms with E-state index in [1.807, 2.05) is 67.6 Å². The van der Waals surface area contributed by atoms with Crippen molar-refractivity contribution in [3.05, 3.63) is 82.8 Å². The van der Waals surface area contributed by atoms with Crippen LogP contribution in [0.5, 0.6) is 0 Å². The predicted octanol–water partition coefficient (Wildman–Crippen LogP) is 3.50. The summed E-state index contributed by atoms with van der Waals surface area (Å²) in [6.07, 6.45) is 1.79. The standard InChI is InChI=1S/C23H21N5O2S/c1-15(16-8-4-2-5-9-16)25-20(29)12-18-14-31-23-26-21-19(22(30)27(18)23)13-24-28(21)17-10-6-3-7-11-17/h2-11,13,15,18H,12,14H2,1H3,(H,25,29). The van der Waals surface area contributed by atoms with Gasteiger partial charge in [-0.05, 0) is 24.6 Å². The number of amides is 1. The van der Waals surface area contributed by atoms with E-state index in [-0.39, 0.29) is 30.0 Å². The summed E-state index contributed by atoms with van der Waals surface area (Å²) < 4.78 is 3.33. The van der Waals surface area contributed by atoms with Gasteiger partial charge < -0.3 is 5.32 Å². The summed E-state index contributed by atoms with van der Waals surface area (Å²) >= 11 is 1.50. The number of hydrogen-bond donors (Lipinski definition) is 1.